The molecule has 0 bridgehead atoms. The Labute approximate surface area is 140 Å². The first-order chi connectivity index (χ1) is 10.4. The van der Waals surface area contributed by atoms with Gasteiger partial charge in [-0.15, -0.1) is 0 Å². The van der Waals surface area contributed by atoms with Gasteiger partial charge in [-0.1, -0.05) is 73.6 Å². The Morgan fingerprint density at radius 3 is 1.86 bits per heavy atom. The topological polar surface area (TPSA) is 18.5 Å². The number of unbranched alkanes of at least 4 members (excludes halogenated alkanes) is 3. The Kier molecular flexibility index (Phi) is 12.3. The van der Waals surface area contributed by atoms with E-state index in [1.54, 1.807) is 0 Å². The summed E-state index contributed by atoms with van der Waals surface area (Å²) < 4.78 is 0. The third-order valence-electron chi connectivity index (χ3n) is 5.02. The van der Waals surface area contributed by atoms with Gasteiger partial charge in [0.15, 0.2) is 0 Å². The molecule has 1 unspecified atom stereocenters. The fourth-order valence-corrected chi connectivity index (χ4v) is 2.74. The molecule has 0 radical (unpaired) electrons. The third-order valence-corrected chi connectivity index (χ3v) is 5.02. The summed E-state index contributed by atoms with van der Waals surface area (Å²) in [4.78, 5) is 10.9. The highest BCUT2D eigenvalue weighted by molar-refractivity contribution is 4.71. The van der Waals surface area contributed by atoms with Crippen LogP contribution in [0.15, 0.2) is 0 Å². The van der Waals surface area contributed by atoms with E-state index >= 15 is 0 Å². The molecule has 0 fully saturated rings. The molecule has 22 heavy (non-hydrogen) atoms. The molecular weight excluding hydrogens is 272 g/mol. The molecule has 0 N–H and O–H groups in total. The monoisotopic (exact) mass is 314 g/mol. The minimum absolute atomic E-state index is 0.276. The highest BCUT2D eigenvalue weighted by Gasteiger charge is 2.22. The zero-order valence-electron chi connectivity index (χ0n) is 16.3. The van der Waals surface area contributed by atoms with Crippen LogP contribution in [0.5, 0.6) is 0 Å². The summed E-state index contributed by atoms with van der Waals surface area (Å²) in [5.41, 5.74) is 0.760. The average molecular weight is 315 g/mol. The van der Waals surface area contributed by atoms with Gasteiger partial charge in [0.05, 0.1) is 13.2 Å². The van der Waals surface area contributed by atoms with Crippen LogP contribution in [0.25, 0.3) is 0 Å². The molecule has 0 aliphatic heterocycles. The minimum Gasteiger partial charge on any atom is -0.237 e. The van der Waals surface area contributed by atoms with Gasteiger partial charge in [0.25, 0.3) is 0 Å². The van der Waals surface area contributed by atoms with Crippen LogP contribution in [0, 0.1) is 10.8 Å². The third kappa shape index (κ3) is 11.5. The summed E-state index contributed by atoms with van der Waals surface area (Å²) in [5, 5.41) is 0. The Morgan fingerprint density at radius 2 is 1.27 bits per heavy atom. The smallest absolute Gasteiger partial charge is 0.0875 e. The molecule has 0 aromatic rings. The lowest BCUT2D eigenvalue weighted by Crippen LogP contribution is -2.22. The Bertz CT molecular complexity index is 250. The van der Waals surface area contributed by atoms with Gasteiger partial charge < -0.3 is 0 Å². The fraction of sp³-hybridized carbons (Fsp3) is 1.00. The highest BCUT2D eigenvalue weighted by Crippen LogP contribution is 2.30. The zero-order chi connectivity index (χ0) is 16.9. The molecule has 134 valence electrons. The average Bonchev–Trinajstić information content (AvgIpc) is 2.50. The minimum atomic E-state index is 0.276. The van der Waals surface area contributed by atoms with Gasteiger partial charge >= 0.3 is 0 Å². The lowest BCUT2D eigenvalue weighted by atomic mass is 9.82. The summed E-state index contributed by atoms with van der Waals surface area (Å²) in [5.74, 6) is 0. The van der Waals surface area contributed by atoms with Gasteiger partial charge in [-0.2, -0.15) is 0 Å². The van der Waals surface area contributed by atoms with Gasteiger partial charge in [0.2, 0.25) is 0 Å². The first-order valence-corrected chi connectivity index (χ1v) is 9.63. The van der Waals surface area contributed by atoms with Crippen LogP contribution in [0.2, 0.25) is 0 Å². The predicted octanol–water partition coefficient (Wildman–Crippen LogP) is 6.93. The normalized spacial score (nSPS) is 15.0. The van der Waals surface area contributed by atoms with E-state index in [0.717, 1.165) is 26.1 Å². The van der Waals surface area contributed by atoms with Crippen molar-refractivity contribution in [3.8, 4) is 0 Å². The molecule has 0 aromatic carbocycles. The molecule has 0 rings (SSSR count). The highest BCUT2D eigenvalue weighted by atomic mass is 17.2. The van der Waals surface area contributed by atoms with E-state index in [-0.39, 0.29) is 5.41 Å². The van der Waals surface area contributed by atoms with E-state index in [9.17, 15) is 0 Å². The SMILES string of the molecule is CCCCC(C)(C)CCCCOOCC(C)(CC)CCCC. The lowest BCUT2D eigenvalue weighted by molar-refractivity contribution is -0.310. The molecule has 0 spiro atoms. The molecule has 0 heterocycles. The molecule has 0 aromatic heterocycles. The van der Waals surface area contributed by atoms with Gasteiger partial charge in [0, 0.05) is 0 Å². The van der Waals surface area contributed by atoms with Crippen molar-refractivity contribution in [2.24, 2.45) is 10.8 Å². The number of rotatable bonds is 15. The van der Waals surface area contributed by atoms with Crippen molar-refractivity contribution in [3.63, 3.8) is 0 Å². The van der Waals surface area contributed by atoms with Crippen LogP contribution in [0.3, 0.4) is 0 Å². The van der Waals surface area contributed by atoms with Crippen LogP contribution in [-0.4, -0.2) is 13.2 Å². The van der Waals surface area contributed by atoms with Crippen LogP contribution in [0.1, 0.15) is 106 Å². The Hall–Kier alpha value is -0.0800. The van der Waals surface area contributed by atoms with Crippen LogP contribution in [0.4, 0.5) is 0 Å². The molecule has 0 amide bonds. The van der Waals surface area contributed by atoms with Crippen LogP contribution >= 0.6 is 0 Å². The maximum Gasteiger partial charge on any atom is 0.0875 e. The molecule has 0 aliphatic carbocycles. The molecule has 0 saturated carbocycles. The second kappa shape index (κ2) is 12.4. The summed E-state index contributed by atoms with van der Waals surface area (Å²) in [7, 11) is 0. The summed E-state index contributed by atoms with van der Waals surface area (Å²) in [6, 6.07) is 0. The second-order valence-corrected chi connectivity index (χ2v) is 8.08. The van der Waals surface area contributed by atoms with E-state index in [4.69, 9.17) is 9.78 Å². The second-order valence-electron chi connectivity index (χ2n) is 8.08. The van der Waals surface area contributed by atoms with Crippen molar-refractivity contribution in [2.45, 2.75) is 106 Å². The summed E-state index contributed by atoms with van der Waals surface area (Å²) in [6.45, 7) is 15.3. The molecule has 1 atom stereocenters. The van der Waals surface area contributed by atoms with Crippen molar-refractivity contribution >= 4 is 0 Å². The first-order valence-electron chi connectivity index (χ1n) is 9.63. The Balaban J connectivity index is 3.64. The summed E-state index contributed by atoms with van der Waals surface area (Å²) >= 11 is 0. The standard InChI is InChI=1S/C20H42O2/c1-7-10-14-19(4,5)15-12-13-17-21-22-18-20(6,9-3)16-11-8-2/h7-18H2,1-6H3. The van der Waals surface area contributed by atoms with Gasteiger partial charge in [0.1, 0.15) is 0 Å². The molecule has 2 nitrogen and oxygen atoms in total. The Morgan fingerprint density at radius 1 is 0.682 bits per heavy atom. The molecule has 0 aliphatic rings. The largest absolute Gasteiger partial charge is 0.237 e. The van der Waals surface area contributed by atoms with E-state index in [1.807, 2.05) is 0 Å². The predicted molar refractivity (Wildman–Crippen MR) is 97.0 cm³/mol. The lowest BCUT2D eigenvalue weighted by Gasteiger charge is -2.27. The summed E-state index contributed by atoms with van der Waals surface area (Å²) in [6.07, 6.45) is 12.5. The maximum atomic E-state index is 5.48. The van der Waals surface area contributed by atoms with Crippen molar-refractivity contribution < 1.29 is 9.78 Å². The van der Waals surface area contributed by atoms with E-state index in [2.05, 4.69) is 41.5 Å². The van der Waals surface area contributed by atoms with E-state index in [0.29, 0.717) is 5.41 Å². The van der Waals surface area contributed by atoms with Crippen molar-refractivity contribution in [3.05, 3.63) is 0 Å². The van der Waals surface area contributed by atoms with Crippen LogP contribution in [-0.2, 0) is 9.78 Å². The van der Waals surface area contributed by atoms with E-state index < -0.39 is 0 Å². The van der Waals surface area contributed by atoms with Gasteiger partial charge in [-0.3, -0.25) is 0 Å². The maximum absolute atomic E-state index is 5.48. The molecule has 2 heteroatoms. The number of hydrogen-bond donors (Lipinski definition) is 0. The van der Waals surface area contributed by atoms with Crippen molar-refractivity contribution in [1.29, 1.82) is 0 Å². The van der Waals surface area contributed by atoms with Crippen molar-refractivity contribution in [2.75, 3.05) is 13.2 Å². The molecule has 0 saturated heterocycles. The quantitative estimate of drug-likeness (QED) is 0.185. The van der Waals surface area contributed by atoms with Gasteiger partial charge in [-0.05, 0) is 42.9 Å². The van der Waals surface area contributed by atoms with Crippen LogP contribution < -0.4 is 0 Å². The number of hydrogen-bond acceptors (Lipinski definition) is 2. The zero-order valence-corrected chi connectivity index (χ0v) is 16.3. The fourth-order valence-electron chi connectivity index (χ4n) is 2.74. The molecular formula is C20H42O2. The first kappa shape index (κ1) is 21.9. The van der Waals surface area contributed by atoms with E-state index in [1.165, 1.54) is 51.4 Å². The van der Waals surface area contributed by atoms with Crippen molar-refractivity contribution in [1.82, 2.24) is 0 Å². The van der Waals surface area contributed by atoms with Gasteiger partial charge in [-0.25, -0.2) is 9.78 Å².